The Morgan fingerprint density at radius 1 is 1.17 bits per heavy atom. The molecule has 2 atom stereocenters. The Bertz CT molecular complexity index is 890. The van der Waals surface area contributed by atoms with E-state index in [0.717, 1.165) is 42.9 Å². The van der Waals surface area contributed by atoms with Crippen LogP contribution in [-0.4, -0.2) is 53.9 Å². The maximum absolute atomic E-state index is 10.9. The van der Waals surface area contributed by atoms with Crippen LogP contribution in [0, 0.1) is 10.1 Å². The molecule has 4 rings (SSSR count). The second kappa shape index (κ2) is 9.32. The van der Waals surface area contributed by atoms with Crippen LogP contribution in [0.25, 0.3) is 0 Å². The van der Waals surface area contributed by atoms with Gasteiger partial charge in [-0.2, -0.15) is 0 Å². The van der Waals surface area contributed by atoms with E-state index >= 15 is 0 Å². The Labute approximate surface area is 175 Å². The number of nitrogens with zero attached hydrogens (tertiary/aromatic N) is 2. The molecule has 0 unspecified atom stereocenters. The van der Waals surface area contributed by atoms with Crippen LogP contribution in [0.15, 0.2) is 42.5 Å². The number of nitro benzene ring substituents is 1. The fourth-order valence-corrected chi connectivity index (χ4v) is 4.01. The Morgan fingerprint density at radius 3 is 2.83 bits per heavy atom. The van der Waals surface area contributed by atoms with Gasteiger partial charge in [-0.05, 0) is 43.1 Å². The van der Waals surface area contributed by atoms with E-state index in [0.29, 0.717) is 25.5 Å². The number of likely N-dealkylation sites (tertiary alicyclic amines) is 1. The number of nitro groups is 1. The van der Waals surface area contributed by atoms with E-state index in [1.807, 2.05) is 6.07 Å². The van der Waals surface area contributed by atoms with Crippen LogP contribution in [0.3, 0.4) is 0 Å². The van der Waals surface area contributed by atoms with Gasteiger partial charge in [0.2, 0.25) is 0 Å². The maximum Gasteiger partial charge on any atom is 0.273 e. The minimum absolute atomic E-state index is 0.0315. The highest BCUT2D eigenvalue weighted by molar-refractivity contribution is 5.44. The van der Waals surface area contributed by atoms with Crippen LogP contribution in [-0.2, 0) is 0 Å². The molecule has 2 aliphatic rings. The number of rotatable bonds is 7. The second-order valence-electron chi connectivity index (χ2n) is 7.63. The Hall–Kier alpha value is -2.84. The van der Waals surface area contributed by atoms with Gasteiger partial charge in [0.15, 0.2) is 11.5 Å². The number of hydrogen-bond acceptors (Lipinski definition) is 7. The molecular weight excluding hydrogens is 388 g/mol. The number of aliphatic hydroxyl groups excluding tert-OH is 1. The van der Waals surface area contributed by atoms with Crippen molar-refractivity contribution in [1.29, 1.82) is 0 Å². The summed E-state index contributed by atoms with van der Waals surface area (Å²) in [6, 6.07) is 12.3. The standard InChI is InChI=1S/C22H26N2O6/c25-18(15-30-19-5-1-4-17(13-19)24(26)27)14-23-9-2-6-20(23)16-7-8-21-22(12-16)29-11-3-10-28-21/h1,4-5,7-8,12-13,18,20,25H,2-3,6,9-11,14-15H2/t18-,20+/m1/s1. The molecule has 0 aliphatic carbocycles. The van der Waals surface area contributed by atoms with Gasteiger partial charge in [0.05, 0.1) is 24.2 Å². The van der Waals surface area contributed by atoms with E-state index in [1.54, 1.807) is 12.1 Å². The molecule has 30 heavy (non-hydrogen) atoms. The zero-order valence-corrected chi connectivity index (χ0v) is 16.7. The minimum atomic E-state index is -0.703. The lowest BCUT2D eigenvalue weighted by molar-refractivity contribution is -0.384. The molecule has 2 heterocycles. The van der Waals surface area contributed by atoms with Crippen LogP contribution in [0.4, 0.5) is 5.69 Å². The summed E-state index contributed by atoms with van der Waals surface area (Å²) in [5.41, 5.74) is 1.12. The Morgan fingerprint density at radius 2 is 2.00 bits per heavy atom. The molecule has 2 aromatic carbocycles. The third-order valence-corrected chi connectivity index (χ3v) is 5.44. The Kier molecular flexibility index (Phi) is 6.35. The van der Waals surface area contributed by atoms with Crippen molar-refractivity contribution >= 4 is 5.69 Å². The fraction of sp³-hybridized carbons (Fsp3) is 0.455. The van der Waals surface area contributed by atoms with Crippen LogP contribution in [0.5, 0.6) is 17.2 Å². The van der Waals surface area contributed by atoms with E-state index in [4.69, 9.17) is 14.2 Å². The smallest absolute Gasteiger partial charge is 0.273 e. The van der Waals surface area contributed by atoms with E-state index in [2.05, 4.69) is 17.0 Å². The number of β-amino-alcohol motifs (C(OH)–C–C–N with tert-alkyl or cyclic N) is 1. The zero-order valence-electron chi connectivity index (χ0n) is 16.7. The highest BCUT2D eigenvalue weighted by atomic mass is 16.6. The number of fused-ring (bicyclic) bond motifs is 1. The number of non-ortho nitro benzene ring substituents is 1. The van der Waals surface area contributed by atoms with Gasteiger partial charge >= 0.3 is 0 Å². The minimum Gasteiger partial charge on any atom is -0.491 e. The lowest BCUT2D eigenvalue weighted by atomic mass is 10.0. The first-order valence-electron chi connectivity index (χ1n) is 10.3. The first-order chi connectivity index (χ1) is 14.6. The van der Waals surface area contributed by atoms with Crippen molar-refractivity contribution in [3.8, 4) is 17.2 Å². The molecule has 0 saturated carbocycles. The van der Waals surface area contributed by atoms with Crippen molar-refractivity contribution in [2.24, 2.45) is 0 Å². The lowest BCUT2D eigenvalue weighted by Crippen LogP contribution is -2.35. The van der Waals surface area contributed by atoms with E-state index < -0.39 is 11.0 Å². The van der Waals surface area contributed by atoms with Crippen LogP contribution in [0.1, 0.15) is 30.9 Å². The van der Waals surface area contributed by atoms with Crippen molar-refractivity contribution in [3.63, 3.8) is 0 Å². The quantitative estimate of drug-likeness (QED) is 0.548. The molecule has 0 radical (unpaired) electrons. The van der Waals surface area contributed by atoms with Crippen molar-refractivity contribution in [2.45, 2.75) is 31.4 Å². The van der Waals surface area contributed by atoms with E-state index in [1.165, 1.54) is 12.1 Å². The molecule has 2 aliphatic heterocycles. The number of hydrogen-bond donors (Lipinski definition) is 1. The first kappa shape index (κ1) is 20.4. The van der Waals surface area contributed by atoms with Gasteiger partial charge in [-0.1, -0.05) is 12.1 Å². The topological polar surface area (TPSA) is 94.3 Å². The molecular formula is C22H26N2O6. The van der Waals surface area contributed by atoms with Gasteiger partial charge < -0.3 is 19.3 Å². The third kappa shape index (κ3) is 4.83. The maximum atomic E-state index is 10.9. The summed E-state index contributed by atoms with van der Waals surface area (Å²) in [6.45, 7) is 2.75. The molecule has 0 amide bonds. The SMILES string of the molecule is O=[N+]([O-])c1cccc(OC[C@H](O)CN2CCC[C@H]2c2ccc3c(c2)OCCCO3)c1. The largest absolute Gasteiger partial charge is 0.491 e. The van der Waals surface area contributed by atoms with Crippen molar-refractivity contribution in [1.82, 2.24) is 4.90 Å². The van der Waals surface area contributed by atoms with Gasteiger partial charge in [0.25, 0.3) is 5.69 Å². The highest BCUT2D eigenvalue weighted by Crippen LogP contribution is 2.37. The van der Waals surface area contributed by atoms with Gasteiger partial charge in [-0.3, -0.25) is 15.0 Å². The molecule has 8 heteroatoms. The van der Waals surface area contributed by atoms with Crippen molar-refractivity contribution in [3.05, 3.63) is 58.1 Å². The molecule has 8 nitrogen and oxygen atoms in total. The molecule has 160 valence electrons. The van der Waals surface area contributed by atoms with Gasteiger partial charge in [0, 0.05) is 25.1 Å². The molecule has 0 aromatic heterocycles. The molecule has 0 spiro atoms. The summed E-state index contributed by atoms with van der Waals surface area (Å²) < 4.78 is 17.1. The predicted molar refractivity (Wildman–Crippen MR) is 110 cm³/mol. The normalized spacial score (nSPS) is 19.8. The molecule has 1 fully saturated rings. The first-order valence-corrected chi connectivity index (χ1v) is 10.3. The van der Waals surface area contributed by atoms with Gasteiger partial charge in [-0.15, -0.1) is 0 Å². The van der Waals surface area contributed by atoms with Crippen molar-refractivity contribution in [2.75, 3.05) is 32.9 Å². The third-order valence-electron chi connectivity index (χ3n) is 5.44. The monoisotopic (exact) mass is 414 g/mol. The molecule has 0 bridgehead atoms. The molecule has 2 aromatic rings. The van der Waals surface area contributed by atoms with Gasteiger partial charge in [0.1, 0.15) is 18.5 Å². The average molecular weight is 414 g/mol. The zero-order chi connectivity index (χ0) is 20.9. The van der Waals surface area contributed by atoms with Crippen LogP contribution >= 0.6 is 0 Å². The number of benzene rings is 2. The summed E-state index contributed by atoms with van der Waals surface area (Å²) in [5.74, 6) is 1.95. The molecule has 1 N–H and O–H groups in total. The summed E-state index contributed by atoms with van der Waals surface area (Å²) in [5, 5.41) is 21.4. The lowest BCUT2D eigenvalue weighted by Gasteiger charge is -2.27. The molecule has 1 saturated heterocycles. The average Bonchev–Trinajstić information content (AvgIpc) is 3.07. The predicted octanol–water partition coefficient (Wildman–Crippen LogP) is 3.33. The van der Waals surface area contributed by atoms with E-state index in [9.17, 15) is 15.2 Å². The van der Waals surface area contributed by atoms with Gasteiger partial charge in [-0.25, -0.2) is 0 Å². The fourth-order valence-electron chi connectivity index (χ4n) is 4.01. The van der Waals surface area contributed by atoms with Crippen LogP contribution in [0.2, 0.25) is 0 Å². The van der Waals surface area contributed by atoms with Crippen LogP contribution < -0.4 is 14.2 Å². The number of ether oxygens (including phenoxy) is 3. The summed E-state index contributed by atoms with van der Waals surface area (Å²) in [7, 11) is 0. The summed E-state index contributed by atoms with van der Waals surface area (Å²) in [6.07, 6.45) is 2.23. The highest BCUT2D eigenvalue weighted by Gasteiger charge is 2.28. The summed E-state index contributed by atoms with van der Waals surface area (Å²) in [4.78, 5) is 12.7. The summed E-state index contributed by atoms with van der Waals surface area (Å²) >= 11 is 0. The number of aliphatic hydroxyl groups is 1. The second-order valence-corrected chi connectivity index (χ2v) is 7.63. The van der Waals surface area contributed by atoms with Crippen molar-refractivity contribution < 1.29 is 24.2 Å². The van der Waals surface area contributed by atoms with E-state index in [-0.39, 0.29) is 18.3 Å². The Balaban J connectivity index is 1.36.